The molecule has 10 heteroatoms. The van der Waals surface area contributed by atoms with Crippen molar-refractivity contribution in [2.75, 3.05) is 10.0 Å². The zero-order chi connectivity index (χ0) is 24.1. The molecule has 0 aliphatic carbocycles. The van der Waals surface area contributed by atoms with Gasteiger partial charge in [-0.25, -0.2) is 17.5 Å². The van der Waals surface area contributed by atoms with Crippen molar-refractivity contribution >= 4 is 39.0 Å². The van der Waals surface area contributed by atoms with Crippen molar-refractivity contribution in [3.63, 3.8) is 0 Å². The SMILES string of the molecule is O=C(Nc1ccnn1CCc1ccccc1)c1ccc(Cl)c(S(=O)(=O)Nc2ccc(F)cc2)c1. The second kappa shape index (κ2) is 10.1. The van der Waals surface area contributed by atoms with Gasteiger partial charge in [0.25, 0.3) is 15.9 Å². The van der Waals surface area contributed by atoms with Crippen LogP contribution in [0.2, 0.25) is 5.02 Å². The number of anilines is 2. The van der Waals surface area contributed by atoms with E-state index in [1.165, 1.54) is 30.3 Å². The predicted octanol–water partition coefficient (Wildman–Crippen LogP) is 4.97. The average molecular weight is 499 g/mol. The van der Waals surface area contributed by atoms with E-state index in [0.29, 0.717) is 12.4 Å². The molecule has 0 spiro atoms. The van der Waals surface area contributed by atoms with Crippen molar-refractivity contribution in [3.8, 4) is 0 Å². The summed E-state index contributed by atoms with van der Waals surface area (Å²) in [5.41, 5.74) is 1.39. The number of aryl methyl sites for hydroxylation is 2. The lowest BCUT2D eigenvalue weighted by Gasteiger charge is -2.12. The van der Waals surface area contributed by atoms with Crippen LogP contribution >= 0.6 is 11.6 Å². The molecule has 1 heterocycles. The molecule has 0 aliphatic rings. The number of nitrogens with one attached hydrogen (secondary N) is 2. The summed E-state index contributed by atoms with van der Waals surface area (Å²) in [6.45, 7) is 0.550. The number of aromatic nitrogens is 2. The minimum atomic E-state index is -4.12. The summed E-state index contributed by atoms with van der Waals surface area (Å²) in [5, 5.41) is 6.95. The summed E-state index contributed by atoms with van der Waals surface area (Å²) < 4.78 is 42.8. The second-order valence-corrected chi connectivity index (χ2v) is 9.44. The summed E-state index contributed by atoms with van der Waals surface area (Å²) in [5.74, 6) is -0.538. The van der Waals surface area contributed by atoms with Crippen molar-refractivity contribution < 1.29 is 17.6 Å². The number of carbonyl (C=O) groups excluding carboxylic acids is 1. The molecule has 34 heavy (non-hydrogen) atoms. The summed E-state index contributed by atoms with van der Waals surface area (Å²) in [6, 6.07) is 20.3. The minimum Gasteiger partial charge on any atom is -0.307 e. The smallest absolute Gasteiger partial charge is 0.263 e. The number of halogens is 2. The molecule has 0 fully saturated rings. The molecule has 0 atom stereocenters. The number of sulfonamides is 1. The molecular weight excluding hydrogens is 479 g/mol. The van der Waals surface area contributed by atoms with Crippen molar-refractivity contribution in [1.29, 1.82) is 0 Å². The maximum absolute atomic E-state index is 13.1. The lowest BCUT2D eigenvalue weighted by molar-refractivity contribution is 0.102. The van der Waals surface area contributed by atoms with Gasteiger partial charge in [0.1, 0.15) is 16.5 Å². The summed E-state index contributed by atoms with van der Waals surface area (Å²) in [6.07, 6.45) is 2.30. The molecule has 0 bridgehead atoms. The van der Waals surface area contributed by atoms with Crippen LogP contribution in [0.3, 0.4) is 0 Å². The van der Waals surface area contributed by atoms with E-state index in [0.717, 1.165) is 24.1 Å². The highest BCUT2D eigenvalue weighted by Crippen LogP contribution is 2.26. The van der Waals surface area contributed by atoms with Crippen molar-refractivity contribution in [2.24, 2.45) is 0 Å². The predicted molar refractivity (Wildman–Crippen MR) is 129 cm³/mol. The Balaban J connectivity index is 1.50. The first-order valence-corrected chi connectivity index (χ1v) is 12.1. The first kappa shape index (κ1) is 23.5. The number of rotatable bonds is 8. The third-order valence-electron chi connectivity index (χ3n) is 4.99. The first-order chi connectivity index (χ1) is 16.3. The Labute approximate surface area is 201 Å². The summed E-state index contributed by atoms with van der Waals surface area (Å²) in [7, 11) is -4.12. The number of hydrogen-bond donors (Lipinski definition) is 2. The van der Waals surface area contributed by atoms with Crippen LogP contribution in [0.5, 0.6) is 0 Å². The molecule has 174 valence electrons. The van der Waals surface area contributed by atoms with Crippen molar-refractivity contribution in [2.45, 2.75) is 17.9 Å². The van der Waals surface area contributed by atoms with Gasteiger partial charge in [0.2, 0.25) is 0 Å². The van der Waals surface area contributed by atoms with Crippen LogP contribution in [0.25, 0.3) is 0 Å². The fraction of sp³-hybridized carbons (Fsp3) is 0.0833. The van der Waals surface area contributed by atoms with E-state index in [1.807, 2.05) is 30.3 Å². The lowest BCUT2D eigenvalue weighted by atomic mass is 10.1. The molecule has 0 saturated heterocycles. The molecule has 4 aromatic rings. The molecule has 4 rings (SSSR count). The molecule has 1 amide bonds. The quantitative estimate of drug-likeness (QED) is 0.358. The molecule has 7 nitrogen and oxygen atoms in total. The Kier molecular flexibility index (Phi) is 6.95. The van der Waals surface area contributed by atoms with Crippen molar-refractivity contribution in [3.05, 3.63) is 107 Å². The maximum Gasteiger partial charge on any atom is 0.263 e. The number of nitrogens with zero attached hydrogens (tertiary/aromatic N) is 2. The van der Waals surface area contributed by atoms with Crippen LogP contribution in [0, 0.1) is 5.82 Å². The van der Waals surface area contributed by atoms with Gasteiger partial charge in [-0.15, -0.1) is 0 Å². The molecule has 0 radical (unpaired) electrons. The maximum atomic E-state index is 13.1. The van der Waals surface area contributed by atoms with Gasteiger partial charge < -0.3 is 5.32 Å². The van der Waals surface area contributed by atoms with Gasteiger partial charge in [-0.3, -0.25) is 9.52 Å². The molecule has 3 aromatic carbocycles. The zero-order valence-electron chi connectivity index (χ0n) is 17.8. The molecule has 0 saturated carbocycles. The number of carbonyl (C=O) groups is 1. The van der Waals surface area contributed by atoms with Gasteiger partial charge in [0.05, 0.1) is 11.2 Å². The van der Waals surface area contributed by atoms with Crippen LogP contribution in [0.4, 0.5) is 15.9 Å². The van der Waals surface area contributed by atoms with E-state index in [4.69, 9.17) is 11.6 Å². The monoisotopic (exact) mass is 498 g/mol. The van der Waals surface area contributed by atoms with E-state index >= 15 is 0 Å². The first-order valence-electron chi connectivity index (χ1n) is 10.3. The van der Waals surface area contributed by atoms with E-state index in [-0.39, 0.29) is 21.2 Å². The van der Waals surface area contributed by atoms with E-state index in [1.54, 1.807) is 16.9 Å². The Bertz CT molecular complexity index is 1410. The Morgan fingerprint density at radius 2 is 1.74 bits per heavy atom. The third kappa shape index (κ3) is 5.62. The number of benzene rings is 3. The topological polar surface area (TPSA) is 93.1 Å². The van der Waals surface area contributed by atoms with Gasteiger partial charge in [-0.05, 0) is 54.4 Å². The zero-order valence-corrected chi connectivity index (χ0v) is 19.4. The van der Waals surface area contributed by atoms with E-state index in [2.05, 4.69) is 15.1 Å². The average Bonchev–Trinajstić information content (AvgIpc) is 3.26. The molecule has 1 aromatic heterocycles. The Morgan fingerprint density at radius 3 is 2.47 bits per heavy atom. The largest absolute Gasteiger partial charge is 0.307 e. The third-order valence-corrected chi connectivity index (χ3v) is 6.86. The highest BCUT2D eigenvalue weighted by molar-refractivity contribution is 7.92. The van der Waals surface area contributed by atoms with Gasteiger partial charge in [-0.2, -0.15) is 5.10 Å². The lowest BCUT2D eigenvalue weighted by Crippen LogP contribution is -2.18. The number of amides is 1. The standard InChI is InChI=1S/C24H20ClFN4O3S/c25-21-11-6-18(16-22(21)34(32,33)29-20-9-7-19(26)8-10-20)24(31)28-23-12-14-27-30(23)15-13-17-4-2-1-3-5-17/h1-12,14,16,29H,13,15H2,(H,28,31). The fourth-order valence-corrected chi connectivity index (χ4v) is 4.85. The van der Waals surface area contributed by atoms with Gasteiger partial charge in [0.15, 0.2) is 0 Å². The fourth-order valence-electron chi connectivity index (χ4n) is 3.26. The van der Waals surface area contributed by atoms with Crippen LogP contribution in [0.15, 0.2) is 90.0 Å². The Morgan fingerprint density at radius 1 is 1.00 bits per heavy atom. The van der Waals surface area contributed by atoms with Crippen LogP contribution < -0.4 is 10.0 Å². The molecule has 2 N–H and O–H groups in total. The van der Waals surface area contributed by atoms with Crippen LogP contribution in [-0.2, 0) is 23.0 Å². The normalized spacial score (nSPS) is 11.2. The second-order valence-electron chi connectivity index (χ2n) is 7.39. The van der Waals surface area contributed by atoms with Crippen LogP contribution in [-0.4, -0.2) is 24.1 Å². The summed E-state index contributed by atoms with van der Waals surface area (Å²) in [4.78, 5) is 12.6. The molecular formula is C24H20ClFN4O3S. The highest BCUT2D eigenvalue weighted by Gasteiger charge is 2.21. The van der Waals surface area contributed by atoms with Gasteiger partial charge >= 0.3 is 0 Å². The summed E-state index contributed by atoms with van der Waals surface area (Å²) >= 11 is 6.12. The minimum absolute atomic E-state index is 0.0564. The van der Waals surface area contributed by atoms with Gasteiger partial charge in [0, 0.05) is 23.9 Å². The van der Waals surface area contributed by atoms with E-state index in [9.17, 15) is 17.6 Å². The Hall–Kier alpha value is -3.69. The highest BCUT2D eigenvalue weighted by atomic mass is 35.5. The molecule has 0 aliphatic heterocycles. The van der Waals surface area contributed by atoms with Crippen LogP contribution in [0.1, 0.15) is 15.9 Å². The van der Waals surface area contributed by atoms with Crippen molar-refractivity contribution in [1.82, 2.24) is 9.78 Å². The number of hydrogen-bond acceptors (Lipinski definition) is 4. The van der Waals surface area contributed by atoms with Gasteiger partial charge in [-0.1, -0.05) is 41.9 Å². The van der Waals surface area contributed by atoms with E-state index < -0.39 is 21.7 Å². The molecule has 0 unspecified atom stereocenters.